The largest absolute Gasteiger partial charge is 0.456 e. The molecule has 1 aromatic carbocycles. The summed E-state index contributed by atoms with van der Waals surface area (Å²) in [6.07, 6.45) is -7.52. The quantitative estimate of drug-likeness (QED) is 0.632. The summed E-state index contributed by atoms with van der Waals surface area (Å²) in [6.45, 7) is 10.2. The van der Waals surface area contributed by atoms with E-state index in [0.717, 1.165) is 5.56 Å². The summed E-state index contributed by atoms with van der Waals surface area (Å²) in [5.74, 6) is -1.13. The van der Waals surface area contributed by atoms with E-state index >= 15 is 0 Å². The van der Waals surface area contributed by atoms with Crippen molar-refractivity contribution in [3.8, 4) is 0 Å². The van der Waals surface area contributed by atoms with Crippen molar-refractivity contribution < 1.29 is 38.7 Å². The predicted molar refractivity (Wildman–Crippen MR) is 116 cm³/mol. The number of esters is 2. The van der Waals surface area contributed by atoms with Crippen molar-refractivity contribution in [2.24, 2.45) is 10.8 Å². The van der Waals surface area contributed by atoms with Gasteiger partial charge < -0.3 is 29.2 Å². The molecule has 0 spiro atoms. The van der Waals surface area contributed by atoms with Crippen LogP contribution in [0.5, 0.6) is 0 Å². The zero-order valence-electron chi connectivity index (χ0n) is 19.9. The molecule has 2 N–H and O–H groups in total. The predicted octanol–water partition coefficient (Wildman–Crippen LogP) is 2.24. The molecule has 0 saturated heterocycles. The highest BCUT2D eigenvalue weighted by Gasteiger charge is 2.55. The molecule has 8 heteroatoms. The third-order valence-electron chi connectivity index (χ3n) is 5.26. The van der Waals surface area contributed by atoms with Crippen LogP contribution in [-0.4, -0.2) is 65.9 Å². The van der Waals surface area contributed by atoms with Crippen molar-refractivity contribution in [1.82, 2.24) is 0 Å². The van der Waals surface area contributed by atoms with Crippen molar-refractivity contribution in [3.63, 3.8) is 0 Å². The maximum Gasteiger partial charge on any atom is 0.311 e. The molecule has 2 rings (SSSR count). The van der Waals surface area contributed by atoms with Crippen molar-refractivity contribution in [2.75, 3.05) is 7.11 Å². The number of aliphatic hydroxyl groups excluding tert-OH is 2. The minimum atomic E-state index is -1.55. The number of aliphatic hydroxyl groups is 2. The minimum Gasteiger partial charge on any atom is -0.456 e. The van der Waals surface area contributed by atoms with E-state index in [2.05, 4.69) is 0 Å². The van der Waals surface area contributed by atoms with Gasteiger partial charge in [0.15, 0.2) is 12.2 Å². The SMILES string of the molecule is COC1C(OC(=O)C(C)(C)C)C(O)C(O)C(OC(=O)C(C)(C)C)C1OCc1ccccc1. The molecule has 32 heavy (non-hydrogen) atoms. The van der Waals surface area contributed by atoms with Crippen LogP contribution in [0.2, 0.25) is 0 Å². The van der Waals surface area contributed by atoms with E-state index in [9.17, 15) is 19.8 Å². The van der Waals surface area contributed by atoms with Gasteiger partial charge in [0.05, 0.1) is 17.4 Å². The van der Waals surface area contributed by atoms with Crippen LogP contribution in [0.1, 0.15) is 47.1 Å². The molecule has 1 aliphatic carbocycles. The summed E-state index contributed by atoms with van der Waals surface area (Å²) in [5.41, 5.74) is -0.821. The van der Waals surface area contributed by atoms with E-state index < -0.39 is 59.4 Å². The average molecular weight is 453 g/mol. The van der Waals surface area contributed by atoms with Gasteiger partial charge >= 0.3 is 11.9 Å². The zero-order chi connectivity index (χ0) is 24.3. The summed E-state index contributed by atoms with van der Waals surface area (Å²) in [5, 5.41) is 21.7. The van der Waals surface area contributed by atoms with Crippen LogP contribution >= 0.6 is 0 Å². The lowest BCUT2D eigenvalue weighted by Crippen LogP contribution is -2.67. The fourth-order valence-electron chi connectivity index (χ4n) is 3.25. The van der Waals surface area contributed by atoms with Crippen LogP contribution in [0.3, 0.4) is 0 Å². The summed E-state index contributed by atoms with van der Waals surface area (Å²) in [4.78, 5) is 25.1. The van der Waals surface area contributed by atoms with Gasteiger partial charge in [0, 0.05) is 7.11 Å². The summed E-state index contributed by atoms with van der Waals surface area (Å²) in [7, 11) is 1.38. The van der Waals surface area contributed by atoms with E-state index in [4.69, 9.17) is 18.9 Å². The molecule has 0 aliphatic heterocycles. The number of methoxy groups -OCH3 is 1. The average Bonchev–Trinajstić information content (AvgIpc) is 2.71. The Kier molecular flexibility index (Phi) is 8.44. The van der Waals surface area contributed by atoms with Crippen LogP contribution in [0.4, 0.5) is 0 Å². The second-order valence-corrected chi connectivity index (χ2v) is 10.2. The maximum atomic E-state index is 12.6. The topological polar surface area (TPSA) is 112 Å². The first-order valence-corrected chi connectivity index (χ1v) is 10.7. The van der Waals surface area contributed by atoms with Crippen LogP contribution in [0.15, 0.2) is 30.3 Å². The number of hydrogen-bond donors (Lipinski definition) is 2. The summed E-state index contributed by atoms with van der Waals surface area (Å²) in [6, 6.07) is 9.32. The molecule has 0 heterocycles. The van der Waals surface area contributed by atoms with Gasteiger partial charge in [-0.1, -0.05) is 30.3 Å². The number of ether oxygens (including phenoxy) is 4. The zero-order valence-corrected chi connectivity index (χ0v) is 19.9. The van der Waals surface area contributed by atoms with E-state index in [1.165, 1.54) is 7.11 Å². The second kappa shape index (κ2) is 10.3. The first-order chi connectivity index (χ1) is 14.8. The van der Waals surface area contributed by atoms with Gasteiger partial charge in [-0.3, -0.25) is 9.59 Å². The van der Waals surface area contributed by atoms with E-state index in [1.54, 1.807) is 41.5 Å². The molecular weight excluding hydrogens is 416 g/mol. The lowest BCUT2D eigenvalue weighted by molar-refractivity contribution is -0.260. The lowest BCUT2D eigenvalue weighted by atomic mass is 9.83. The Bertz CT molecular complexity index is 764. The molecule has 0 amide bonds. The molecule has 0 bridgehead atoms. The highest BCUT2D eigenvalue weighted by molar-refractivity contribution is 5.76. The second-order valence-electron chi connectivity index (χ2n) is 10.2. The van der Waals surface area contributed by atoms with Gasteiger partial charge in [0.2, 0.25) is 0 Å². The van der Waals surface area contributed by atoms with Gasteiger partial charge in [0.1, 0.15) is 24.4 Å². The van der Waals surface area contributed by atoms with Crippen molar-refractivity contribution in [3.05, 3.63) is 35.9 Å². The molecule has 1 saturated carbocycles. The Morgan fingerprint density at radius 3 is 1.62 bits per heavy atom. The van der Waals surface area contributed by atoms with E-state index in [0.29, 0.717) is 0 Å². The molecule has 8 nitrogen and oxygen atoms in total. The minimum absolute atomic E-state index is 0.137. The first-order valence-electron chi connectivity index (χ1n) is 10.7. The van der Waals surface area contributed by atoms with Crippen molar-refractivity contribution >= 4 is 11.9 Å². The lowest BCUT2D eigenvalue weighted by Gasteiger charge is -2.46. The maximum absolute atomic E-state index is 12.6. The summed E-state index contributed by atoms with van der Waals surface area (Å²) < 4.78 is 22.8. The number of carbonyl (C=O) groups excluding carboxylic acids is 2. The number of rotatable bonds is 6. The Labute approximate surface area is 189 Å². The highest BCUT2D eigenvalue weighted by Crippen LogP contribution is 2.33. The summed E-state index contributed by atoms with van der Waals surface area (Å²) >= 11 is 0. The molecule has 6 atom stereocenters. The molecule has 180 valence electrons. The fraction of sp³-hybridized carbons (Fsp3) is 0.667. The highest BCUT2D eigenvalue weighted by atomic mass is 16.6. The van der Waals surface area contributed by atoms with Crippen LogP contribution in [0, 0.1) is 10.8 Å². The smallest absolute Gasteiger partial charge is 0.311 e. The molecule has 1 aliphatic rings. The third-order valence-corrected chi connectivity index (χ3v) is 5.26. The Morgan fingerprint density at radius 2 is 1.22 bits per heavy atom. The van der Waals surface area contributed by atoms with Crippen LogP contribution < -0.4 is 0 Å². The molecule has 6 unspecified atom stereocenters. The molecule has 1 aromatic rings. The normalized spacial score (nSPS) is 28.8. The standard InChI is InChI=1S/C24H36O8/c1-23(2,3)21(27)31-17-15(25)16(26)18(32-22(28)24(4,5)6)20(19(17)29-7)30-13-14-11-9-8-10-12-14/h8-12,15-20,25-26H,13H2,1-7H3. The molecule has 0 aromatic heterocycles. The van der Waals surface area contributed by atoms with E-state index in [1.807, 2.05) is 30.3 Å². The number of hydrogen-bond acceptors (Lipinski definition) is 8. The Morgan fingerprint density at radius 1 is 0.781 bits per heavy atom. The van der Waals surface area contributed by atoms with Crippen molar-refractivity contribution in [2.45, 2.75) is 84.8 Å². The molecular formula is C24H36O8. The van der Waals surface area contributed by atoms with Gasteiger partial charge in [-0.05, 0) is 47.1 Å². The van der Waals surface area contributed by atoms with Crippen molar-refractivity contribution in [1.29, 1.82) is 0 Å². The monoisotopic (exact) mass is 452 g/mol. The van der Waals surface area contributed by atoms with Gasteiger partial charge in [-0.2, -0.15) is 0 Å². The fourth-order valence-corrected chi connectivity index (χ4v) is 3.25. The van der Waals surface area contributed by atoms with Gasteiger partial charge in [0.25, 0.3) is 0 Å². The van der Waals surface area contributed by atoms with Crippen LogP contribution in [-0.2, 0) is 35.1 Å². The molecule has 1 fully saturated rings. The molecule has 0 radical (unpaired) electrons. The third kappa shape index (κ3) is 6.28. The van der Waals surface area contributed by atoms with E-state index in [-0.39, 0.29) is 6.61 Å². The van der Waals surface area contributed by atoms with Gasteiger partial charge in [-0.15, -0.1) is 0 Å². The Balaban J connectivity index is 2.37. The first kappa shape index (κ1) is 26.3. The van der Waals surface area contributed by atoms with Crippen LogP contribution in [0.25, 0.3) is 0 Å². The number of carbonyl (C=O) groups is 2. The van der Waals surface area contributed by atoms with Gasteiger partial charge in [-0.25, -0.2) is 0 Å². The Hall–Kier alpha value is -2.00. The number of benzene rings is 1.